The van der Waals surface area contributed by atoms with Gasteiger partial charge in [-0.15, -0.1) is 0 Å². The van der Waals surface area contributed by atoms with Gasteiger partial charge in [0.15, 0.2) is 5.82 Å². The number of rotatable bonds is 6. The number of benzene rings is 6. The molecule has 0 saturated carbocycles. The first-order chi connectivity index (χ1) is 22.8. The summed E-state index contributed by atoms with van der Waals surface area (Å²) in [6.07, 6.45) is 3.67. The Morgan fingerprint density at radius 3 is 1.57 bits per heavy atom. The molecule has 3 nitrogen and oxygen atoms in total. The summed E-state index contributed by atoms with van der Waals surface area (Å²) >= 11 is 0. The summed E-state index contributed by atoms with van der Waals surface area (Å²) in [6, 6.07) is 57.3. The van der Waals surface area contributed by atoms with E-state index in [1.165, 1.54) is 16.3 Å². The minimum Gasteiger partial charge on any atom is -0.265 e. The fourth-order valence-corrected chi connectivity index (χ4v) is 6.07. The van der Waals surface area contributed by atoms with Crippen molar-refractivity contribution in [1.29, 1.82) is 0 Å². The van der Waals surface area contributed by atoms with Gasteiger partial charge in [-0.2, -0.15) is 0 Å². The van der Waals surface area contributed by atoms with Gasteiger partial charge in [-0.05, 0) is 86.6 Å². The van der Waals surface area contributed by atoms with Crippen molar-refractivity contribution in [3.05, 3.63) is 176 Å². The van der Waals surface area contributed by atoms with Crippen LogP contribution < -0.4 is 0 Å². The zero-order valence-corrected chi connectivity index (χ0v) is 25.1. The second-order valence-electron chi connectivity index (χ2n) is 11.3. The maximum atomic E-state index is 5.18. The molecule has 0 saturated heterocycles. The van der Waals surface area contributed by atoms with Crippen LogP contribution in [0.5, 0.6) is 0 Å². The van der Waals surface area contributed by atoms with Crippen molar-refractivity contribution in [2.45, 2.75) is 0 Å². The molecule has 0 atom stereocenters. The van der Waals surface area contributed by atoms with Gasteiger partial charge in [0.25, 0.3) is 0 Å². The standard InChI is InChI=1S/C43H29N3/c1-3-12-32(13-4-1)41-29-42(33-14-5-2-6-15-33)46-43(45-41)38-27-36(35-18-9-17-34(25-35)30-21-23-44-24-22-30)26-37(28-38)40-20-10-16-31-11-7-8-19-39(31)40/h1-29H. The van der Waals surface area contributed by atoms with Gasteiger partial charge in [0.05, 0.1) is 11.4 Å². The Labute approximate surface area is 268 Å². The van der Waals surface area contributed by atoms with Crippen LogP contribution in [0, 0.1) is 0 Å². The molecule has 2 aromatic heterocycles. The van der Waals surface area contributed by atoms with Gasteiger partial charge >= 0.3 is 0 Å². The van der Waals surface area contributed by atoms with E-state index in [1.54, 1.807) is 0 Å². The zero-order valence-electron chi connectivity index (χ0n) is 25.1. The Bertz CT molecular complexity index is 2230. The van der Waals surface area contributed by atoms with E-state index < -0.39 is 0 Å². The van der Waals surface area contributed by atoms with Crippen LogP contribution in [0.4, 0.5) is 0 Å². The average Bonchev–Trinajstić information content (AvgIpc) is 3.15. The first kappa shape index (κ1) is 27.4. The molecule has 46 heavy (non-hydrogen) atoms. The summed E-state index contributed by atoms with van der Waals surface area (Å²) < 4.78 is 0. The minimum absolute atomic E-state index is 0.689. The molecule has 8 rings (SSSR count). The molecule has 0 aliphatic heterocycles. The Balaban J connectivity index is 1.37. The lowest BCUT2D eigenvalue weighted by Gasteiger charge is -2.14. The molecule has 0 N–H and O–H groups in total. The number of hydrogen-bond acceptors (Lipinski definition) is 3. The van der Waals surface area contributed by atoms with Gasteiger partial charge in [0, 0.05) is 29.1 Å². The molecule has 0 bridgehead atoms. The van der Waals surface area contributed by atoms with E-state index in [2.05, 4.69) is 120 Å². The van der Waals surface area contributed by atoms with Crippen LogP contribution in [-0.4, -0.2) is 15.0 Å². The third-order valence-corrected chi connectivity index (χ3v) is 8.37. The summed E-state index contributed by atoms with van der Waals surface area (Å²) in [5.41, 5.74) is 11.7. The van der Waals surface area contributed by atoms with Gasteiger partial charge < -0.3 is 0 Å². The molecule has 0 aliphatic rings. The smallest absolute Gasteiger partial charge is 0.160 e. The lowest BCUT2D eigenvalue weighted by Crippen LogP contribution is -1.97. The van der Waals surface area contributed by atoms with Gasteiger partial charge in [0.2, 0.25) is 0 Å². The Morgan fingerprint density at radius 1 is 0.326 bits per heavy atom. The van der Waals surface area contributed by atoms with Crippen molar-refractivity contribution in [3.63, 3.8) is 0 Å². The van der Waals surface area contributed by atoms with Crippen LogP contribution in [-0.2, 0) is 0 Å². The van der Waals surface area contributed by atoms with Crippen molar-refractivity contribution >= 4 is 10.8 Å². The molecule has 2 heterocycles. The topological polar surface area (TPSA) is 38.7 Å². The molecule has 0 radical (unpaired) electrons. The maximum absolute atomic E-state index is 5.18. The molecule has 0 unspecified atom stereocenters. The Hall–Kier alpha value is -6.19. The summed E-state index contributed by atoms with van der Waals surface area (Å²) in [4.78, 5) is 14.6. The highest BCUT2D eigenvalue weighted by molar-refractivity contribution is 5.98. The van der Waals surface area contributed by atoms with Crippen LogP contribution in [0.2, 0.25) is 0 Å². The van der Waals surface area contributed by atoms with E-state index in [1.807, 2.05) is 60.9 Å². The average molecular weight is 588 g/mol. The molecule has 216 valence electrons. The van der Waals surface area contributed by atoms with E-state index in [9.17, 15) is 0 Å². The van der Waals surface area contributed by atoms with Crippen LogP contribution in [0.1, 0.15) is 0 Å². The van der Waals surface area contributed by atoms with Crippen molar-refractivity contribution < 1.29 is 0 Å². The predicted octanol–water partition coefficient (Wildman–Crippen LogP) is 11.0. The molecular formula is C43H29N3. The zero-order chi connectivity index (χ0) is 30.7. The van der Waals surface area contributed by atoms with Crippen molar-refractivity contribution in [2.24, 2.45) is 0 Å². The molecule has 3 heteroatoms. The van der Waals surface area contributed by atoms with Crippen molar-refractivity contribution in [1.82, 2.24) is 15.0 Å². The van der Waals surface area contributed by atoms with Gasteiger partial charge in [0.1, 0.15) is 0 Å². The third-order valence-electron chi connectivity index (χ3n) is 8.37. The largest absolute Gasteiger partial charge is 0.265 e. The number of aromatic nitrogens is 3. The van der Waals surface area contributed by atoms with Gasteiger partial charge in [-0.1, -0.05) is 121 Å². The second-order valence-corrected chi connectivity index (χ2v) is 11.3. The van der Waals surface area contributed by atoms with Crippen LogP contribution >= 0.6 is 0 Å². The van der Waals surface area contributed by atoms with Crippen LogP contribution in [0.3, 0.4) is 0 Å². The third kappa shape index (κ3) is 5.47. The highest BCUT2D eigenvalue weighted by Gasteiger charge is 2.15. The Kier molecular flexibility index (Phi) is 7.18. The molecule has 0 aliphatic carbocycles. The van der Waals surface area contributed by atoms with Gasteiger partial charge in [-0.3, -0.25) is 4.98 Å². The van der Waals surface area contributed by atoms with Crippen molar-refractivity contribution in [2.75, 3.05) is 0 Å². The van der Waals surface area contributed by atoms with Crippen molar-refractivity contribution in [3.8, 4) is 67.3 Å². The van der Waals surface area contributed by atoms with Crippen LogP contribution in [0.15, 0.2) is 176 Å². The molecule has 6 aromatic carbocycles. The quantitative estimate of drug-likeness (QED) is 0.194. The monoisotopic (exact) mass is 587 g/mol. The highest BCUT2D eigenvalue weighted by atomic mass is 14.9. The Morgan fingerprint density at radius 2 is 0.848 bits per heavy atom. The van der Waals surface area contributed by atoms with E-state index in [4.69, 9.17) is 9.97 Å². The summed E-state index contributed by atoms with van der Waals surface area (Å²) in [6.45, 7) is 0. The van der Waals surface area contributed by atoms with E-state index in [-0.39, 0.29) is 0 Å². The lowest BCUT2D eigenvalue weighted by atomic mass is 9.92. The maximum Gasteiger partial charge on any atom is 0.160 e. The molecule has 0 spiro atoms. The summed E-state index contributed by atoms with van der Waals surface area (Å²) in [5, 5.41) is 2.42. The first-order valence-corrected chi connectivity index (χ1v) is 15.4. The summed E-state index contributed by atoms with van der Waals surface area (Å²) in [5.74, 6) is 0.689. The van der Waals surface area contributed by atoms with E-state index >= 15 is 0 Å². The molecule has 0 fully saturated rings. The SMILES string of the molecule is c1ccc(-c2cc(-c3ccccc3)nc(-c3cc(-c4cccc(-c5ccncc5)c4)cc(-c4cccc5ccccc45)c3)n2)cc1. The van der Waals surface area contributed by atoms with E-state index in [0.29, 0.717) is 5.82 Å². The lowest BCUT2D eigenvalue weighted by molar-refractivity contribution is 1.18. The number of fused-ring (bicyclic) bond motifs is 1. The molecule has 0 amide bonds. The number of nitrogens with zero attached hydrogens (tertiary/aromatic N) is 3. The summed E-state index contributed by atoms with van der Waals surface area (Å²) in [7, 11) is 0. The van der Waals surface area contributed by atoms with E-state index in [0.717, 1.165) is 55.9 Å². The van der Waals surface area contributed by atoms with Gasteiger partial charge in [-0.25, -0.2) is 9.97 Å². The van der Waals surface area contributed by atoms with Crippen LogP contribution in [0.25, 0.3) is 78.1 Å². The fourth-order valence-electron chi connectivity index (χ4n) is 6.07. The predicted molar refractivity (Wildman–Crippen MR) is 190 cm³/mol. The normalized spacial score (nSPS) is 11.0. The molecular weight excluding hydrogens is 558 g/mol. The molecule has 8 aromatic rings. The number of pyridine rings is 1. The fraction of sp³-hybridized carbons (Fsp3) is 0. The number of hydrogen-bond donors (Lipinski definition) is 0. The highest BCUT2D eigenvalue weighted by Crippen LogP contribution is 2.37. The second kappa shape index (κ2) is 12.1. The first-order valence-electron chi connectivity index (χ1n) is 15.4. The minimum atomic E-state index is 0.689.